The second-order valence-electron chi connectivity index (χ2n) is 3.05. The van der Waals surface area contributed by atoms with E-state index in [9.17, 15) is 9.18 Å². The van der Waals surface area contributed by atoms with Crippen LogP contribution >= 0.6 is 11.3 Å². The molecule has 2 N–H and O–H groups in total. The Bertz CT molecular complexity index is 524. The van der Waals surface area contributed by atoms with Gasteiger partial charge in [0.1, 0.15) is 16.6 Å². The fourth-order valence-corrected chi connectivity index (χ4v) is 1.81. The monoisotopic (exact) mass is 237 g/mol. The zero-order valence-corrected chi connectivity index (χ0v) is 8.96. The molecule has 0 bridgehead atoms. The third-order valence-electron chi connectivity index (χ3n) is 1.92. The van der Waals surface area contributed by atoms with Gasteiger partial charge in [0.05, 0.1) is 5.56 Å². The van der Waals surface area contributed by atoms with Gasteiger partial charge in [0.2, 0.25) is 0 Å². The molecule has 3 nitrogen and oxygen atoms in total. The Labute approximate surface area is 95.3 Å². The Morgan fingerprint density at radius 2 is 2.19 bits per heavy atom. The first-order valence-electron chi connectivity index (χ1n) is 4.47. The fourth-order valence-electron chi connectivity index (χ4n) is 1.18. The quantitative estimate of drug-likeness (QED) is 0.645. The molecular weight excluding hydrogens is 229 g/mol. The van der Waals surface area contributed by atoms with Crippen LogP contribution in [-0.4, -0.2) is 5.97 Å². The molecule has 82 valence electrons. The molecule has 16 heavy (non-hydrogen) atoms. The molecule has 2 aromatic rings. The summed E-state index contributed by atoms with van der Waals surface area (Å²) in [5, 5.41) is 2.08. The molecule has 0 atom stereocenters. The zero-order valence-electron chi connectivity index (χ0n) is 8.14. The maximum Gasteiger partial charge on any atom is 0.346 e. The van der Waals surface area contributed by atoms with Crippen LogP contribution < -0.4 is 10.5 Å². The molecule has 0 saturated carbocycles. The van der Waals surface area contributed by atoms with Crippen LogP contribution in [0.3, 0.4) is 0 Å². The Kier molecular flexibility index (Phi) is 2.87. The molecule has 1 aromatic carbocycles. The molecule has 2 rings (SSSR count). The van der Waals surface area contributed by atoms with E-state index < -0.39 is 11.8 Å². The van der Waals surface area contributed by atoms with E-state index >= 15 is 0 Å². The van der Waals surface area contributed by atoms with Gasteiger partial charge < -0.3 is 10.5 Å². The molecule has 0 saturated heterocycles. The summed E-state index contributed by atoms with van der Waals surface area (Å²) in [7, 11) is 0. The lowest BCUT2D eigenvalue weighted by Crippen LogP contribution is -2.09. The highest BCUT2D eigenvalue weighted by Crippen LogP contribution is 2.21. The number of thiophene rings is 1. The van der Waals surface area contributed by atoms with Crippen molar-refractivity contribution in [2.45, 2.75) is 0 Å². The van der Waals surface area contributed by atoms with Gasteiger partial charge in [-0.1, -0.05) is 6.07 Å². The number of benzene rings is 1. The van der Waals surface area contributed by atoms with Crippen molar-refractivity contribution in [3.63, 3.8) is 0 Å². The lowest BCUT2D eigenvalue weighted by molar-refractivity contribution is 0.0736. The summed E-state index contributed by atoms with van der Waals surface area (Å²) in [6.45, 7) is 0. The van der Waals surface area contributed by atoms with Crippen LogP contribution in [0.25, 0.3) is 0 Å². The van der Waals surface area contributed by atoms with Gasteiger partial charge in [-0.3, -0.25) is 0 Å². The number of hydrogen-bond acceptors (Lipinski definition) is 4. The molecule has 5 heteroatoms. The molecule has 0 spiro atoms. The first-order chi connectivity index (χ1) is 7.66. The maximum atomic E-state index is 12.8. The SMILES string of the molecule is Nc1sccc1C(=O)Oc1cccc(F)c1. The molecule has 0 radical (unpaired) electrons. The number of nitrogens with two attached hydrogens (primary N) is 1. The van der Waals surface area contributed by atoms with E-state index in [-0.39, 0.29) is 5.75 Å². The maximum absolute atomic E-state index is 12.8. The number of ether oxygens (including phenoxy) is 1. The van der Waals surface area contributed by atoms with Crippen molar-refractivity contribution >= 4 is 22.3 Å². The standard InChI is InChI=1S/C11H8FNO2S/c12-7-2-1-3-8(6-7)15-11(14)9-4-5-16-10(9)13/h1-6H,13H2. The predicted octanol–water partition coefficient (Wildman–Crippen LogP) is 2.69. The highest BCUT2D eigenvalue weighted by molar-refractivity contribution is 7.14. The molecule has 0 fully saturated rings. The third-order valence-corrected chi connectivity index (χ3v) is 2.67. The largest absolute Gasteiger partial charge is 0.423 e. The van der Waals surface area contributed by atoms with Gasteiger partial charge >= 0.3 is 5.97 Å². The van der Waals surface area contributed by atoms with Crippen molar-refractivity contribution < 1.29 is 13.9 Å². The predicted molar refractivity (Wildman–Crippen MR) is 60.1 cm³/mol. The number of carbonyl (C=O) groups is 1. The summed E-state index contributed by atoms with van der Waals surface area (Å²) in [5.41, 5.74) is 5.87. The minimum atomic E-state index is -0.579. The van der Waals surface area contributed by atoms with Crippen molar-refractivity contribution in [1.82, 2.24) is 0 Å². The fraction of sp³-hybridized carbons (Fsp3) is 0. The normalized spacial score (nSPS) is 10.1. The highest BCUT2D eigenvalue weighted by Gasteiger charge is 2.13. The Hall–Kier alpha value is -1.88. The molecule has 1 aromatic heterocycles. The van der Waals surface area contributed by atoms with E-state index in [2.05, 4.69) is 0 Å². The molecular formula is C11H8FNO2S. The van der Waals surface area contributed by atoms with Crippen molar-refractivity contribution in [3.05, 3.63) is 47.1 Å². The van der Waals surface area contributed by atoms with E-state index in [1.807, 2.05) is 0 Å². The van der Waals surface area contributed by atoms with Crippen LogP contribution in [0.4, 0.5) is 9.39 Å². The van der Waals surface area contributed by atoms with Crippen molar-refractivity contribution in [2.75, 3.05) is 5.73 Å². The number of anilines is 1. The van der Waals surface area contributed by atoms with Gasteiger partial charge in [-0.25, -0.2) is 9.18 Å². The number of nitrogen functional groups attached to an aromatic ring is 1. The first-order valence-corrected chi connectivity index (χ1v) is 5.35. The molecule has 0 aliphatic rings. The van der Waals surface area contributed by atoms with Crippen LogP contribution in [0, 0.1) is 5.82 Å². The van der Waals surface area contributed by atoms with Crippen LogP contribution in [0.2, 0.25) is 0 Å². The molecule has 0 aliphatic heterocycles. The summed E-state index contributed by atoms with van der Waals surface area (Å²) >= 11 is 1.25. The minimum Gasteiger partial charge on any atom is -0.423 e. The number of hydrogen-bond donors (Lipinski definition) is 1. The summed E-state index contributed by atoms with van der Waals surface area (Å²) in [4.78, 5) is 11.6. The lowest BCUT2D eigenvalue weighted by atomic mass is 10.3. The number of halogens is 1. The molecule has 1 heterocycles. The van der Waals surface area contributed by atoms with Gasteiger partial charge in [-0.2, -0.15) is 0 Å². The molecule has 0 amide bonds. The van der Waals surface area contributed by atoms with E-state index in [4.69, 9.17) is 10.5 Å². The van der Waals surface area contributed by atoms with Gasteiger partial charge in [-0.05, 0) is 23.6 Å². The lowest BCUT2D eigenvalue weighted by Gasteiger charge is -2.03. The van der Waals surface area contributed by atoms with Gasteiger partial charge in [0.25, 0.3) is 0 Å². The first kappa shape index (κ1) is 10.6. The highest BCUT2D eigenvalue weighted by atomic mass is 32.1. The van der Waals surface area contributed by atoms with E-state index in [0.29, 0.717) is 10.6 Å². The summed E-state index contributed by atoms with van der Waals surface area (Å²) in [5.74, 6) is -0.872. The summed E-state index contributed by atoms with van der Waals surface area (Å²) in [6.07, 6.45) is 0. The molecule has 0 unspecified atom stereocenters. The average molecular weight is 237 g/mol. The van der Waals surface area contributed by atoms with E-state index in [1.54, 1.807) is 11.4 Å². The minimum absolute atomic E-state index is 0.163. The van der Waals surface area contributed by atoms with Crippen molar-refractivity contribution in [3.8, 4) is 5.75 Å². The van der Waals surface area contributed by atoms with Crippen LogP contribution in [0.5, 0.6) is 5.75 Å². The van der Waals surface area contributed by atoms with Gasteiger partial charge in [0, 0.05) is 6.07 Å². The number of carbonyl (C=O) groups excluding carboxylic acids is 1. The third kappa shape index (κ3) is 2.20. The Balaban J connectivity index is 2.17. The van der Waals surface area contributed by atoms with Crippen molar-refractivity contribution in [1.29, 1.82) is 0 Å². The second kappa shape index (κ2) is 4.32. The summed E-state index contributed by atoms with van der Waals surface area (Å²) < 4.78 is 17.8. The van der Waals surface area contributed by atoms with E-state index in [0.717, 1.165) is 6.07 Å². The average Bonchev–Trinajstić information content (AvgIpc) is 2.64. The Morgan fingerprint density at radius 1 is 1.38 bits per heavy atom. The van der Waals surface area contributed by atoms with E-state index in [1.165, 1.54) is 29.5 Å². The van der Waals surface area contributed by atoms with Gasteiger partial charge in [0.15, 0.2) is 0 Å². The summed E-state index contributed by atoms with van der Waals surface area (Å²) in [6, 6.07) is 6.96. The van der Waals surface area contributed by atoms with Crippen molar-refractivity contribution in [2.24, 2.45) is 0 Å². The van der Waals surface area contributed by atoms with Crippen LogP contribution in [0.15, 0.2) is 35.7 Å². The van der Waals surface area contributed by atoms with Gasteiger partial charge in [-0.15, -0.1) is 11.3 Å². The number of rotatable bonds is 2. The number of esters is 1. The second-order valence-corrected chi connectivity index (χ2v) is 3.99. The smallest absolute Gasteiger partial charge is 0.346 e. The topological polar surface area (TPSA) is 52.3 Å². The van der Waals surface area contributed by atoms with Crippen LogP contribution in [0.1, 0.15) is 10.4 Å². The zero-order chi connectivity index (χ0) is 11.5. The Morgan fingerprint density at radius 3 is 2.81 bits per heavy atom. The van der Waals surface area contributed by atoms with Crippen LogP contribution in [-0.2, 0) is 0 Å². The molecule has 0 aliphatic carbocycles.